The number of ketones is 1. The second kappa shape index (κ2) is 5.10. The monoisotopic (exact) mass is 208 g/mol. The maximum Gasteiger partial charge on any atom is 0.133 e. The van der Waals surface area contributed by atoms with E-state index in [2.05, 4.69) is 18.9 Å². The smallest absolute Gasteiger partial charge is 0.133 e. The van der Waals surface area contributed by atoms with Crippen molar-refractivity contribution >= 4 is 5.78 Å². The summed E-state index contributed by atoms with van der Waals surface area (Å²) in [6, 6.07) is 2.39. The summed E-state index contributed by atoms with van der Waals surface area (Å²) in [5.74, 6) is 0.386. The van der Waals surface area contributed by atoms with Crippen molar-refractivity contribution in [1.29, 1.82) is 0 Å². The van der Waals surface area contributed by atoms with Gasteiger partial charge in [-0.15, -0.1) is 0 Å². The fourth-order valence-electron chi connectivity index (χ4n) is 1.60. The van der Waals surface area contributed by atoms with Crippen LogP contribution in [0.15, 0.2) is 12.3 Å². The zero-order valence-electron chi connectivity index (χ0n) is 10.0. The number of Topliss-reactive ketones (excluding diaryl/α,β-unsaturated/α-hetero) is 1. The Hall–Kier alpha value is -1.12. The first kappa shape index (κ1) is 12.0. The van der Waals surface area contributed by atoms with Crippen LogP contribution < -0.4 is 0 Å². The number of carbonyl (C=O) groups is 1. The van der Waals surface area contributed by atoms with E-state index in [4.69, 9.17) is 0 Å². The van der Waals surface area contributed by atoms with E-state index >= 15 is 0 Å². The fraction of sp³-hybridized carbons (Fsp3) is 0.667. The van der Waals surface area contributed by atoms with Gasteiger partial charge in [0.2, 0.25) is 0 Å². The summed E-state index contributed by atoms with van der Waals surface area (Å²) < 4.78 is 1.93. The van der Waals surface area contributed by atoms with Crippen LogP contribution in [0.2, 0.25) is 0 Å². The Kier molecular flexibility index (Phi) is 4.06. The van der Waals surface area contributed by atoms with Crippen LogP contribution in [-0.2, 0) is 11.2 Å². The fourth-order valence-corrected chi connectivity index (χ4v) is 1.60. The topological polar surface area (TPSA) is 34.9 Å². The Morgan fingerprint density at radius 3 is 2.60 bits per heavy atom. The number of hydrogen-bond acceptors (Lipinski definition) is 2. The lowest BCUT2D eigenvalue weighted by Crippen LogP contribution is -2.13. The Morgan fingerprint density at radius 2 is 2.20 bits per heavy atom. The maximum atomic E-state index is 11.3. The summed E-state index contributed by atoms with van der Waals surface area (Å²) in [5, 5.41) is 4.44. The lowest BCUT2D eigenvalue weighted by molar-refractivity contribution is -0.120. The molecule has 0 amide bonds. The molecule has 3 nitrogen and oxygen atoms in total. The highest BCUT2D eigenvalue weighted by atomic mass is 16.1. The van der Waals surface area contributed by atoms with Crippen LogP contribution in [-0.4, -0.2) is 15.6 Å². The highest BCUT2D eigenvalue weighted by Crippen LogP contribution is 2.13. The standard InChI is InChI=1S/C12H20N2O/c1-5-11(10(4)15)8-12-6-7-14(13-12)9(2)3/h6-7,9,11H,5,8H2,1-4H3. The number of hydrogen-bond donors (Lipinski definition) is 0. The molecule has 0 spiro atoms. The number of aromatic nitrogens is 2. The average molecular weight is 208 g/mol. The molecule has 1 atom stereocenters. The summed E-state index contributed by atoms with van der Waals surface area (Å²) in [5.41, 5.74) is 1.02. The van der Waals surface area contributed by atoms with Crippen molar-refractivity contribution in [3.8, 4) is 0 Å². The van der Waals surface area contributed by atoms with Crippen molar-refractivity contribution in [3.05, 3.63) is 18.0 Å². The summed E-state index contributed by atoms with van der Waals surface area (Å²) in [6.45, 7) is 7.90. The predicted molar refractivity (Wildman–Crippen MR) is 60.8 cm³/mol. The summed E-state index contributed by atoms with van der Waals surface area (Å²) >= 11 is 0. The van der Waals surface area contributed by atoms with Crippen LogP contribution in [0.4, 0.5) is 0 Å². The molecule has 1 unspecified atom stereocenters. The zero-order chi connectivity index (χ0) is 11.4. The average Bonchev–Trinajstić information content (AvgIpc) is 2.61. The van der Waals surface area contributed by atoms with Gasteiger partial charge in [0, 0.05) is 24.6 Å². The van der Waals surface area contributed by atoms with E-state index in [9.17, 15) is 4.79 Å². The van der Waals surface area contributed by atoms with Gasteiger partial charge in [0.15, 0.2) is 0 Å². The van der Waals surface area contributed by atoms with Crippen LogP contribution in [0.3, 0.4) is 0 Å². The van der Waals surface area contributed by atoms with Crippen molar-refractivity contribution in [2.75, 3.05) is 0 Å². The largest absolute Gasteiger partial charge is 0.300 e. The molecule has 1 heterocycles. The van der Waals surface area contributed by atoms with Crippen LogP contribution in [0.5, 0.6) is 0 Å². The van der Waals surface area contributed by atoms with Crippen LogP contribution in [0, 0.1) is 5.92 Å². The molecule has 0 aliphatic rings. The molecule has 0 fully saturated rings. The third kappa shape index (κ3) is 3.18. The van der Waals surface area contributed by atoms with Gasteiger partial charge in [-0.3, -0.25) is 9.48 Å². The number of nitrogens with zero attached hydrogens (tertiary/aromatic N) is 2. The molecular formula is C12H20N2O. The van der Waals surface area contributed by atoms with Crippen LogP contribution in [0.25, 0.3) is 0 Å². The van der Waals surface area contributed by atoms with Crippen molar-refractivity contribution in [3.63, 3.8) is 0 Å². The third-order valence-electron chi connectivity index (χ3n) is 2.72. The molecule has 0 radical (unpaired) electrons. The van der Waals surface area contributed by atoms with Gasteiger partial charge in [-0.05, 0) is 33.3 Å². The zero-order valence-corrected chi connectivity index (χ0v) is 10.0. The SMILES string of the molecule is CCC(Cc1ccn(C(C)C)n1)C(C)=O. The molecule has 0 bridgehead atoms. The van der Waals surface area contributed by atoms with E-state index in [1.807, 2.05) is 23.9 Å². The van der Waals surface area contributed by atoms with Crippen molar-refractivity contribution in [1.82, 2.24) is 9.78 Å². The van der Waals surface area contributed by atoms with Crippen molar-refractivity contribution in [2.45, 2.75) is 46.6 Å². The molecule has 84 valence electrons. The molecule has 1 aromatic rings. The minimum Gasteiger partial charge on any atom is -0.300 e. The lowest BCUT2D eigenvalue weighted by Gasteiger charge is -2.09. The van der Waals surface area contributed by atoms with E-state index < -0.39 is 0 Å². The minimum atomic E-state index is 0.125. The van der Waals surface area contributed by atoms with Gasteiger partial charge < -0.3 is 0 Å². The molecule has 0 aromatic carbocycles. The van der Waals surface area contributed by atoms with Gasteiger partial charge in [0.25, 0.3) is 0 Å². The molecule has 0 aliphatic carbocycles. The lowest BCUT2D eigenvalue weighted by atomic mass is 9.97. The quantitative estimate of drug-likeness (QED) is 0.745. The molecule has 1 aromatic heterocycles. The van der Waals surface area contributed by atoms with Gasteiger partial charge in [0.1, 0.15) is 5.78 Å². The molecule has 0 N–H and O–H groups in total. The maximum absolute atomic E-state index is 11.3. The van der Waals surface area contributed by atoms with Gasteiger partial charge in [-0.2, -0.15) is 5.10 Å². The Labute approximate surface area is 91.5 Å². The van der Waals surface area contributed by atoms with E-state index in [0.717, 1.165) is 18.5 Å². The highest BCUT2D eigenvalue weighted by molar-refractivity contribution is 5.78. The molecular weight excluding hydrogens is 188 g/mol. The molecule has 1 rings (SSSR count). The van der Waals surface area contributed by atoms with E-state index in [0.29, 0.717) is 6.04 Å². The Morgan fingerprint density at radius 1 is 1.53 bits per heavy atom. The van der Waals surface area contributed by atoms with Crippen molar-refractivity contribution in [2.24, 2.45) is 5.92 Å². The van der Waals surface area contributed by atoms with Crippen LogP contribution in [0.1, 0.15) is 45.9 Å². The minimum absolute atomic E-state index is 0.125. The molecule has 3 heteroatoms. The summed E-state index contributed by atoms with van der Waals surface area (Å²) in [6.07, 6.45) is 3.64. The number of rotatable bonds is 5. The third-order valence-corrected chi connectivity index (χ3v) is 2.72. The number of carbonyl (C=O) groups excluding carboxylic acids is 1. The van der Waals surface area contributed by atoms with Gasteiger partial charge in [-0.25, -0.2) is 0 Å². The van der Waals surface area contributed by atoms with E-state index in [1.165, 1.54) is 0 Å². The Bertz CT molecular complexity index is 328. The first-order valence-electron chi connectivity index (χ1n) is 5.59. The van der Waals surface area contributed by atoms with Crippen LogP contribution >= 0.6 is 0 Å². The van der Waals surface area contributed by atoms with Crippen molar-refractivity contribution < 1.29 is 4.79 Å². The van der Waals surface area contributed by atoms with E-state index in [1.54, 1.807) is 6.92 Å². The van der Waals surface area contributed by atoms with Gasteiger partial charge in [0.05, 0.1) is 5.69 Å². The van der Waals surface area contributed by atoms with E-state index in [-0.39, 0.29) is 11.7 Å². The first-order valence-corrected chi connectivity index (χ1v) is 5.59. The first-order chi connectivity index (χ1) is 7.04. The molecule has 0 saturated carbocycles. The van der Waals surface area contributed by atoms with Gasteiger partial charge in [-0.1, -0.05) is 6.92 Å². The molecule has 0 aliphatic heterocycles. The summed E-state index contributed by atoms with van der Waals surface area (Å²) in [7, 11) is 0. The Balaban J connectivity index is 2.67. The predicted octanol–water partition coefficient (Wildman–Crippen LogP) is 2.62. The second-order valence-electron chi connectivity index (χ2n) is 4.30. The summed E-state index contributed by atoms with van der Waals surface area (Å²) in [4.78, 5) is 11.3. The second-order valence-corrected chi connectivity index (χ2v) is 4.30. The molecule has 0 saturated heterocycles. The molecule has 15 heavy (non-hydrogen) atoms. The highest BCUT2D eigenvalue weighted by Gasteiger charge is 2.14. The van der Waals surface area contributed by atoms with Gasteiger partial charge >= 0.3 is 0 Å². The normalized spacial score (nSPS) is 13.1.